The van der Waals surface area contributed by atoms with Crippen LogP contribution in [0.15, 0.2) is 24.7 Å². The second kappa shape index (κ2) is 4.48. The first kappa shape index (κ1) is 12.1. The van der Waals surface area contributed by atoms with Crippen molar-refractivity contribution in [1.82, 2.24) is 14.1 Å². The number of hydrogen-bond donors (Lipinski definition) is 1. The molecule has 94 valence electrons. The Labute approximate surface area is 103 Å². The molecule has 1 N–H and O–H groups in total. The molecule has 2 aromatic heterocycles. The van der Waals surface area contributed by atoms with Gasteiger partial charge in [-0.05, 0) is 13.0 Å². The summed E-state index contributed by atoms with van der Waals surface area (Å²) in [7, 11) is 1.83. The Kier molecular flexibility index (Phi) is 3.01. The maximum Gasteiger partial charge on any atom is 0.352 e. The zero-order valence-corrected chi connectivity index (χ0v) is 10.1. The fraction of sp³-hybridized carbons (Fsp3) is 0.250. The van der Waals surface area contributed by atoms with E-state index in [1.165, 1.54) is 17.6 Å². The highest BCUT2D eigenvalue weighted by Gasteiger charge is 2.15. The van der Waals surface area contributed by atoms with Gasteiger partial charge >= 0.3 is 5.97 Å². The number of carbonyl (C=O) groups is 2. The lowest BCUT2D eigenvalue weighted by atomic mass is 10.2. The summed E-state index contributed by atoms with van der Waals surface area (Å²) in [6.07, 6.45) is 4.97. The number of Topliss-reactive ketones (excluding diaryl/α,β-unsaturated/α-hetero) is 1. The van der Waals surface area contributed by atoms with Gasteiger partial charge in [-0.3, -0.25) is 4.79 Å². The first-order valence-corrected chi connectivity index (χ1v) is 5.39. The number of rotatable bonds is 4. The summed E-state index contributed by atoms with van der Waals surface area (Å²) in [5.41, 5.74) is 0.477. The molecule has 0 fully saturated rings. The molecule has 6 nitrogen and oxygen atoms in total. The van der Waals surface area contributed by atoms with E-state index in [2.05, 4.69) is 4.98 Å². The third-order valence-corrected chi connectivity index (χ3v) is 2.75. The van der Waals surface area contributed by atoms with Crippen LogP contribution in [0.1, 0.15) is 33.6 Å². The van der Waals surface area contributed by atoms with Crippen molar-refractivity contribution in [3.63, 3.8) is 0 Å². The zero-order chi connectivity index (χ0) is 13.3. The van der Waals surface area contributed by atoms with E-state index < -0.39 is 5.97 Å². The van der Waals surface area contributed by atoms with Gasteiger partial charge in [0.2, 0.25) is 0 Å². The number of ketones is 1. The number of aromatic carboxylic acids is 1. The minimum absolute atomic E-state index is 0.0863. The van der Waals surface area contributed by atoms with E-state index in [0.717, 1.165) is 5.82 Å². The van der Waals surface area contributed by atoms with Crippen molar-refractivity contribution >= 4 is 11.8 Å². The van der Waals surface area contributed by atoms with Gasteiger partial charge in [0.25, 0.3) is 0 Å². The van der Waals surface area contributed by atoms with Gasteiger partial charge in [-0.15, -0.1) is 0 Å². The number of carboxylic acids is 1. The van der Waals surface area contributed by atoms with Gasteiger partial charge < -0.3 is 14.2 Å². The Morgan fingerprint density at radius 3 is 2.67 bits per heavy atom. The average Bonchev–Trinajstić information content (AvgIpc) is 2.87. The molecule has 0 saturated heterocycles. The molecule has 0 aliphatic carbocycles. The van der Waals surface area contributed by atoms with Crippen molar-refractivity contribution in [2.45, 2.75) is 13.5 Å². The molecule has 0 bridgehead atoms. The SMILES string of the molecule is CC(=O)c1cc(C(=O)O)n(Cc2nccn2C)c1. The van der Waals surface area contributed by atoms with Crippen LogP contribution in [0.25, 0.3) is 0 Å². The summed E-state index contributed by atoms with van der Waals surface area (Å²) in [4.78, 5) is 26.5. The zero-order valence-electron chi connectivity index (χ0n) is 10.1. The van der Waals surface area contributed by atoms with Gasteiger partial charge in [0.15, 0.2) is 5.78 Å². The first-order chi connectivity index (χ1) is 8.49. The molecule has 0 amide bonds. The van der Waals surface area contributed by atoms with Crippen LogP contribution in [0.3, 0.4) is 0 Å². The Bertz CT molecular complexity index is 610. The summed E-state index contributed by atoms with van der Waals surface area (Å²) < 4.78 is 3.32. The molecule has 6 heteroatoms. The van der Waals surface area contributed by atoms with E-state index in [9.17, 15) is 9.59 Å². The van der Waals surface area contributed by atoms with Crippen molar-refractivity contribution < 1.29 is 14.7 Å². The van der Waals surface area contributed by atoms with Gasteiger partial charge in [-0.2, -0.15) is 0 Å². The number of imidazole rings is 1. The van der Waals surface area contributed by atoms with E-state index in [-0.39, 0.29) is 11.5 Å². The monoisotopic (exact) mass is 247 g/mol. The Morgan fingerprint density at radius 2 is 2.17 bits per heavy atom. The normalized spacial score (nSPS) is 10.6. The number of aryl methyl sites for hydroxylation is 1. The van der Waals surface area contributed by atoms with E-state index in [0.29, 0.717) is 12.1 Å². The number of carboxylic acid groups (broad SMARTS) is 1. The lowest BCUT2D eigenvalue weighted by Gasteiger charge is -2.05. The molecular weight excluding hydrogens is 234 g/mol. The molecule has 0 radical (unpaired) electrons. The molecule has 2 rings (SSSR count). The molecule has 0 aliphatic heterocycles. The highest BCUT2D eigenvalue weighted by molar-refractivity contribution is 5.97. The largest absolute Gasteiger partial charge is 0.477 e. The number of carbonyl (C=O) groups excluding carboxylic acids is 1. The van der Waals surface area contributed by atoms with E-state index >= 15 is 0 Å². The number of hydrogen-bond acceptors (Lipinski definition) is 3. The molecular formula is C12H13N3O3. The lowest BCUT2D eigenvalue weighted by Crippen LogP contribution is -2.11. The van der Waals surface area contributed by atoms with Crippen molar-refractivity contribution in [3.05, 3.63) is 41.7 Å². The minimum Gasteiger partial charge on any atom is -0.477 e. The number of nitrogens with zero attached hydrogens (tertiary/aromatic N) is 3. The Balaban J connectivity index is 2.40. The maximum atomic E-state index is 11.3. The van der Waals surface area contributed by atoms with E-state index in [4.69, 9.17) is 5.11 Å². The van der Waals surface area contributed by atoms with Gasteiger partial charge in [0.1, 0.15) is 11.5 Å². The molecule has 0 aliphatic rings. The van der Waals surface area contributed by atoms with Gasteiger partial charge in [0.05, 0.1) is 6.54 Å². The maximum absolute atomic E-state index is 11.3. The standard InChI is InChI=1S/C12H13N3O3/c1-8(16)9-5-10(12(17)18)15(6-9)7-11-13-3-4-14(11)2/h3-6H,7H2,1-2H3,(H,17,18). The molecule has 2 aromatic rings. The smallest absolute Gasteiger partial charge is 0.352 e. The summed E-state index contributed by atoms with van der Waals surface area (Å²) in [5, 5.41) is 9.10. The summed E-state index contributed by atoms with van der Waals surface area (Å²) >= 11 is 0. The molecule has 0 unspecified atom stereocenters. The molecule has 0 saturated carbocycles. The van der Waals surface area contributed by atoms with Crippen molar-refractivity contribution in [2.24, 2.45) is 7.05 Å². The van der Waals surface area contributed by atoms with Gasteiger partial charge in [0, 0.05) is 31.2 Å². The molecule has 18 heavy (non-hydrogen) atoms. The van der Waals surface area contributed by atoms with Crippen LogP contribution >= 0.6 is 0 Å². The van der Waals surface area contributed by atoms with Crippen LogP contribution in [0, 0.1) is 0 Å². The lowest BCUT2D eigenvalue weighted by molar-refractivity contribution is 0.0685. The highest BCUT2D eigenvalue weighted by atomic mass is 16.4. The second-order valence-electron chi connectivity index (χ2n) is 4.06. The van der Waals surface area contributed by atoms with Gasteiger partial charge in [-0.25, -0.2) is 9.78 Å². The predicted molar refractivity (Wildman–Crippen MR) is 63.7 cm³/mol. The number of aromatic nitrogens is 3. The molecule has 0 aromatic carbocycles. The van der Waals surface area contributed by atoms with Crippen LogP contribution in [-0.4, -0.2) is 31.0 Å². The molecule has 0 spiro atoms. The minimum atomic E-state index is -1.06. The molecule has 0 atom stereocenters. The fourth-order valence-corrected chi connectivity index (χ4v) is 1.71. The van der Waals surface area contributed by atoms with Crippen LogP contribution in [0.5, 0.6) is 0 Å². The Hall–Kier alpha value is -2.37. The Morgan fingerprint density at radius 1 is 1.44 bits per heavy atom. The first-order valence-electron chi connectivity index (χ1n) is 5.39. The fourth-order valence-electron chi connectivity index (χ4n) is 1.71. The van der Waals surface area contributed by atoms with Crippen LogP contribution in [0.4, 0.5) is 0 Å². The van der Waals surface area contributed by atoms with Crippen LogP contribution < -0.4 is 0 Å². The quantitative estimate of drug-likeness (QED) is 0.823. The van der Waals surface area contributed by atoms with Crippen molar-refractivity contribution in [3.8, 4) is 0 Å². The van der Waals surface area contributed by atoms with E-state index in [1.54, 1.807) is 23.2 Å². The predicted octanol–water partition coefficient (Wildman–Crippen LogP) is 1.17. The second-order valence-corrected chi connectivity index (χ2v) is 4.06. The van der Waals surface area contributed by atoms with E-state index in [1.807, 2.05) is 7.05 Å². The highest BCUT2D eigenvalue weighted by Crippen LogP contribution is 2.12. The van der Waals surface area contributed by atoms with Crippen molar-refractivity contribution in [1.29, 1.82) is 0 Å². The molecule has 2 heterocycles. The van der Waals surface area contributed by atoms with Gasteiger partial charge in [-0.1, -0.05) is 0 Å². The average molecular weight is 247 g/mol. The third-order valence-electron chi connectivity index (χ3n) is 2.75. The summed E-state index contributed by atoms with van der Waals surface area (Å²) in [6, 6.07) is 1.38. The van der Waals surface area contributed by atoms with Crippen LogP contribution in [-0.2, 0) is 13.6 Å². The summed E-state index contributed by atoms with van der Waals surface area (Å²) in [5.74, 6) is -0.490. The third kappa shape index (κ3) is 2.17. The summed E-state index contributed by atoms with van der Waals surface area (Å²) in [6.45, 7) is 1.73. The van der Waals surface area contributed by atoms with Crippen LogP contribution in [0.2, 0.25) is 0 Å². The van der Waals surface area contributed by atoms with Crippen molar-refractivity contribution in [2.75, 3.05) is 0 Å². The topological polar surface area (TPSA) is 77.1 Å².